The van der Waals surface area contributed by atoms with Crippen molar-refractivity contribution >= 4 is 21.5 Å². The van der Waals surface area contributed by atoms with Gasteiger partial charge in [-0.1, -0.05) is 24.6 Å². The molecule has 1 aliphatic heterocycles. The number of benzene rings is 2. The number of carbonyl (C=O) groups excluding carboxylic acids is 1. The molecule has 9 heteroatoms. The van der Waals surface area contributed by atoms with Gasteiger partial charge in [0.2, 0.25) is 0 Å². The summed E-state index contributed by atoms with van der Waals surface area (Å²) in [5.41, 5.74) is 0.786. The first-order chi connectivity index (χ1) is 15.4. The molecule has 164 valence electrons. The van der Waals surface area contributed by atoms with Gasteiger partial charge in [0.25, 0.3) is 10.0 Å². The Kier molecular flexibility index (Phi) is 6.06. The van der Waals surface area contributed by atoms with Gasteiger partial charge < -0.3 is 4.57 Å². The number of sulfonamides is 1. The number of aryl methyl sites for hydroxylation is 1. The van der Waals surface area contributed by atoms with E-state index in [1.165, 1.54) is 35.6 Å². The Bertz CT molecular complexity index is 1260. The predicted octanol–water partition coefficient (Wildman–Crippen LogP) is 3.32. The molecule has 1 aliphatic rings. The highest BCUT2D eigenvalue weighted by atomic mass is 32.2. The molecule has 1 atom stereocenters. The second-order valence-electron chi connectivity index (χ2n) is 7.70. The molecule has 0 spiro atoms. The lowest BCUT2D eigenvalue weighted by Crippen LogP contribution is -2.26. The average molecular weight is 450 g/mol. The molecule has 32 heavy (non-hydrogen) atoms. The molecule has 0 aliphatic carbocycles. The van der Waals surface area contributed by atoms with Crippen molar-refractivity contribution in [2.75, 3.05) is 11.4 Å². The molecule has 2 heterocycles. The van der Waals surface area contributed by atoms with Crippen LogP contribution in [0, 0.1) is 11.3 Å². The lowest BCUT2D eigenvalue weighted by atomic mass is 9.98. The van der Waals surface area contributed by atoms with Gasteiger partial charge in [-0.15, -0.1) is 10.2 Å². The van der Waals surface area contributed by atoms with Gasteiger partial charge >= 0.3 is 0 Å². The number of Topliss-reactive ketones (excluding diaryl/α,β-unsaturated/α-hetero) is 1. The summed E-state index contributed by atoms with van der Waals surface area (Å²) in [5, 5.41) is 18.0. The first-order valence-corrected chi connectivity index (χ1v) is 11.9. The number of nitrogens with zero attached hydrogens (tertiary/aromatic N) is 5. The lowest BCUT2D eigenvalue weighted by Gasteiger charge is -2.19. The molecule has 1 unspecified atom stereocenters. The van der Waals surface area contributed by atoms with Gasteiger partial charge in [-0.3, -0.25) is 9.10 Å². The Balaban J connectivity index is 1.59. The number of fused-ring (bicyclic) bond motifs is 1. The minimum atomic E-state index is -3.79. The first kappa shape index (κ1) is 21.7. The van der Waals surface area contributed by atoms with E-state index in [0.29, 0.717) is 18.1 Å². The molecule has 0 bridgehead atoms. The van der Waals surface area contributed by atoms with E-state index in [2.05, 4.69) is 16.3 Å². The number of hydrogen-bond acceptors (Lipinski definition) is 6. The van der Waals surface area contributed by atoms with Crippen LogP contribution in [0.25, 0.3) is 0 Å². The van der Waals surface area contributed by atoms with Gasteiger partial charge in [-0.25, -0.2) is 8.42 Å². The highest BCUT2D eigenvalue weighted by molar-refractivity contribution is 7.92. The van der Waals surface area contributed by atoms with Crippen LogP contribution in [0.5, 0.6) is 0 Å². The van der Waals surface area contributed by atoms with Gasteiger partial charge in [-0.05, 0) is 49.2 Å². The maximum atomic E-state index is 13.1. The van der Waals surface area contributed by atoms with Crippen molar-refractivity contribution < 1.29 is 13.2 Å². The quantitative estimate of drug-likeness (QED) is 0.534. The van der Waals surface area contributed by atoms with Crippen molar-refractivity contribution in [3.63, 3.8) is 0 Å². The van der Waals surface area contributed by atoms with Crippen molar-refractivity contribution in [3.8, 4) is 6.07 Å². The molecular weight excluding hydrogens is 426 g/mol. The Morgan fingerprint density at radius 1 is 1.06 bits per heavy atom. The molecule has 0 saturated carbocycles. The topological polar surface area (TPSA) is 109 Å². The third-order valence-corrected chi connectivity index (χ3v) is 7.50. The summed E-state index contributed by atoms with van der Waals surface area (Å²) in [5.74, 6) is -0.359. The minimum Gasteiger partial charge on any atom is -0.313 e. The molecule has 0 saturated heterocycles. The van der Waals surface area contributed by atoms with E-state index in [9.17, 15) is 18.5 Å². The fourth-order valence-electron chi connectivity index (χ4n) is 3.85. The summed E-state index contributed by atoms with van der Waals surface area (Å²) in [6.45, 7) is 0.687. The SMILES string of the molecule is CN(c1ccccc1)S(=O)(=O)c1ccc(C(=O)C(C#N)c2nnc3n2CCCCC3)cc1. The van der Waals surface area contributed by atoms with Gasteiger partial charge in [0.15, 0.2) is 17.5 Å². The van der Waals surface area contributed by atoms with Crippen LogP contribution in [0.2, 0.25) is 0 Å². The van der Waals surface area contributed by atoms with Crippen LogP contribution < -0.4 is 4.31 Å². The van der Waals surface area contributed by atoms with Crippen LogP contribution in [-0.2, 0) is 23.0 Å². The molecular formula is C23H23N5O3S. The number of ketones is 1. The van der Waals surface area contributed by atoms with Crippen LogP contribution in [0.1, 0.15) is 47.2 Å². The number of aromatic nitrogens is 3. The first-order valence-electron chi connectivity index (χ1n) is 10.4. The fraction of sp³-hybridized carbons (Fsp3) is 0.304. The average Bonchev–Trinajstić information content (AvgIpc) is 3.06. The Morgan fingerprint density at radius 3 is 2.47 bits per heavy atom. The van der Waals surface area contributed by atoms with Gasteiger partial charge in [-0.2, -0.15) is 5.26 Å². The molecule has 2 aromatic carbocycles. The zero-order valence-corrected chi connectivity index (χ0v) is 18.5. The van der Waals surface area contributed by atoms with E-state index in [1.54, 1.807) is 24.3 Å². The zero-order chi connectivity index (χ0) is 22.7. The van der Waals surface area contributed by atoms with Gasteiger partial charge in [0.1, 0.15) is 5.82 Å². The monoisotopic (exact) mass is 449 g/mol. The van der Waals surface area contributed by atoms with Crippen LogP contribution in [0.4, 0.5) is 5.69 Å². The van der Waals surface area contributed by atoms with Crippen LogP contribution in [0.3, 0.4) is 0 Å². The maximum absolute atomic E-state index is 13.1. The van der Waals surface area contributed by atoms with E-state index >= 15 is 0 Å². The summed E-state index contributed by atoms with van der Waals surface area (Å²) in [6.07, 6.45) is 3.81. The predicted molar refractivity (Wildman–Crippen MR) is 119 cm³/mol. The second-order valence-corrected chi connectivity index (χ2v) is 9.66. The van der Waals surface area contributed by atoms with E-state index in [1.807, 2.05) is 10.6 Å². The zero-order valence-electron chi connectivity index (χ0n) is 17.7. The van der Waals surface area contributed by atoms with E-state index in [-0.39, 0.29) is 10.5 Å². The number of anilines is 1. The van der Waals surface area contributed by atoms with Crippen molar-refractivity contribution in [1.29, 1.82) is 5.26 Å². The number of carbonyl (C=O) groups is 1. The highest BCUT2D eigenvalue weighted by Gasteiger charge is 2.29. The molecule has 0 fully saturated rings. The molecule has 0 amide bonds. The second kappa shape index (κ2) is 8.93. The van der Waals surface area contributed by atoms with Gasteiger partial charge in [0, 0.05) is 25.6 Å². The standard InChI is InChI=1S/C23H23N5O3S/c1-27(18-8-4-2-5-9-18)32(30,31)19-13-11-17(12-14-19)22(29)20(16-24)23-26-25-21-10-6-3-7-15-28(21)23/h2,4-5,8-9,11-14,20H,3,6-7,10,15H2,1H3. The normalized spacial score (nSPS) is 14.6. The Hall–Kier alpha value is -3.51. The van der Waals surface area contributed by atoms with E-state index in [0.717, 1.165) is 31.5 Å². The van der Waals surface area contributed by atoms with Crippen molar-refractivity contribution in [3.05, 3.63) is 71.8 Å². The van der Waals surface area contributed by atoms with E-state index in [4.69, 9.17) is 0 Å². The summed E-state index contributed by atoms with van der Waals surface area (Å²) < 4.78 is 29.0. The number of nitriles is 1. The largest absolute Gasteiger partial charge is 0.313 e. The summed E-state index contributed by atoms with van der Waals surface area (Å²) in [7, 11) is -2.31. The molecule has 1 aromatic heterocycles. The molecule has 8 nitrogen and oxygen atoms in total. The molecule has 0 radical (unpaired) electrons. The van der Waals surface area contributed by atoms with Crippen molar-refractivity contribution in [2.45, 2.75) is 43.0 Å². The molecule has 3 aromatic rings. The third kappa shape index (κ3) is 4.01. The summed E-state index contributed by atoms with van der Waals surface area (Å²) in [6, 6.07) is 16.5. The summed E-state index contributed by atoms with van der Waals surface area (Å²) in [4.78, 5) is 13.2. The minimum absolute atomic E-state index is 0.0604. The lowest BCUT2D eigenvalue weighted by molar-refractivity contribution is 0.0974. The molecule has 0 N–H and O–H groups in total. The van der Waals surface area contributed by atoms with Gasteiger partial charge in [0.05, 0.1) is 16.7 Å². The third-order valence-electron chi connectivity index (χ3n) is 5.70. The smallest absolute Gasteiger partial charge is 0.264 e. The summed E-state index contributed by atoms with van der Waals surface area (Å²) >= 11 is 0. The highest BCUT2D eigenvalue weighted by Crippen LogP contribution is 2.25. The van der Waals surface area contributed by atoms with Crippen LogP contribution in [0.15, 0.2) is 59.5 Å². The Morgan fingerprint density at radius 2 is 1.78 bits per heavy atom. The molecule has 4 rings (SSSR count). The fourth-order valence-corrected chi connectivity index (χ4v) is 5.04. The van der Waals surface area contributed by atoms with E-state index < -0.39 is 21.7 Å². The maximum Gasteiger partial charge on any atom is 0.264 e. The number of hydrogen-bond donors (Lipinski definition) is 0. The van der Waals surface area contributed by atoms with Crippen molar-refractivity contribution in [1.82, 2.24) is 14.8 Å². The van der Waals surface area contributed by atoms with Crippen LogP contribution in [-0.4, -0.2) is 36.0 Å². The number of para-hydroxylation sites is 1. The van der Waals surface area contributed by atoms with Crippen LogP contribution >= 0.6 is 0 Å². The number of rotatable bonds is 6. The van der Waals surface area contributed by atoms with Crippen molar-refractivity contribution in [2.24, 2.45) is 0 Å². The Labute approximate surface area is 187 Å².